The molecule has 0 bridgehead atoms. The van der Waals surface area contributed by atoms with E-state index < -0.39 is 0 Å². The summed E-state index contributed by atoms with van der Waals surface area (Å²) >= 11 is 0. The average molecular weight is 283 g/mol. The van der Waals surface area contributed by atoms with Gasteiger partial charge in [0, 0.05) is 12.4 Å². The smallest absolute Gasteiger partial charge is 0.241 e. The molecular weight excluding hydrogens is 262 g/mol. The first kappa shape index (κ1) is 13.9. The van der Waals surface area contributed by atoms with Gasteiger partial charge in [0.1, 0.15) is 0 Å². The molecule has 1 aliphatic rings. The SMILES string of the molecule is CN1CCCC[C@H]1C(=O)Nc1ccccc1-n1cccc1. The predicted molar refractivity (Wildman–Crippen MR) is 84.7 cm³/mol. The number of para-hydroxylation sites is 2. The van der Waals surface area contributed by atoms with Crippen LogP contribution in [0.5, 0.6) is 0 Å². The third kappa shape index (κ3) is 3.00. The maximum atomic E-state index is 12.5. The summed E-state index contributed by atoms with van der Waals surface area (Å²) in [4.78, 5) is 14.7. The lowest BCUT2D eigenvalue weighted by Crippen LogP contribution is -2.44. The molecule has 110 valence electrons. The number of carbonyl (C=O) groups excluding carboxylic acids is 1. The van der Waals surface area contributed by atoms with Crippen LogP contribution in [0.3, 0.4) is 0 Å². The first-order chi connectivity index (χ1) is 10.3. The third-order valence-electron chi connectivity index (χ3n) is 4.12. The van der Waals surface area contributed by atoms with Crippen molar-refractivity contribution in [2.24, 2.45) is 0 Å². The summed E-state index contributed by atoms with van der Waals surface area (Å²) in [6, 6.07) is 11.8. The van der Waals surface area contributed by atoms with E-state index in [4.69, 9.17) is 0 Å². The van der Waals surface area contributed by atoms with E-state index in [0.29, 0.717) is 0 Å². The number of likely N-dealkylation sites (N-methyl/N-ethyl adjacent to an activating group) is 1. The Morgan fingerprint density at radius 2 is 1.90 bits per heavy atom. The lowest BCUT2D eigenvalue weighted by Gasteiger charge is -2.31. The van der Waals surface area contributed by atoms with Crippen molar-refractivity contribution in [1.29, 1.82) is 0 Å². The molecule has 1 aromatic heterocycles. The standard InChI is InChI=1S/C17H21N3O/c1-19-11-5-4-10-16(19)17(21)18-14-8-2-3-9-15(14)20-12-6-7-13-20/h2-3,6-9,12-13,16H,4-5,10-11H2,1H3,(H,18,21)/t16-/m0/s1. The number of likely N-dealkylation sites (tertiary alicyclic amines) is 1. The van der Waals surface area contributed by atoms with Crippen LogP contribution in [0.2, 0.25) is 0 Å². The highest BCUT2D eigenvalue weighted by Crippen LogP contribution is 2.22. The number of nitrogens with one attached hydrogen (secondary N) is 1. The van der Waals surface area contributed by atoms with Gasteiger partial charge in [-0.2, -0.15) is 0 Å². The second kappa shape index (κ2) is 6.14. The minimum absolute atomic E-state index is 0.0172. The summed E-state index contributed by atoms with van der Waals surface area (Å²) in [5, 5.41) is 3.10. The Hall–Kier alpha value is -2.07. The van der Waals surface area contributed by atoms with Crippen LogP contribution in [0.1, 0.15) is 19.3 Å². The van der Waals surface area contributed by atoms with Crippen LogP contribution < -0.4 is 5.32 Å². The number of hydrogen-bond donors (Lipinski definition) is 1. The average Bonchev–Trinajstić information content (AvgIpc) is 3.02. The number of nitrogens with zero attached hydrogens (tertiary/aromatic N) is 2. The Morgan fingerprint density at radius 1 is 1.14 bits per heavy atom. The Morgan fingerprint density at radius 3 is 2.67 bits per heavy atom. The van der Waals surface area contributed by atoms with Crippen LogP contribution in [0.25, 0.3) is 5.69 Å². The van der Waals surface area contributed by atoms with Crippen LogP contribution in [-0.4, -0.2) is 35.0 Å². The van der Waals surface area contributed by atoms with Gasteiger partial charge in [-0.25, -0.2) is 0 Å². The molecule has 0 aliphatic carbocycles. The van der Waals surface area contributed by atoms with E-state index in [9.17, 15) is 4.79 Å². The molecule has 0 saturated carbocycles. The van der Waals surface area contributed by atoms with Gasteiger partial charge in [0.15, 0.2) is 0 Å². The largest absolute Gasteiger partial charge is 0.323 e. The summed E-state index contributed by atoms with van der Waals surface area (Å²) < 4.78 is 2.01. The van der Waals surface area contributed by atoms with E-state index in [-0.39, 0.29) is 11.9 Å². The van der Waals surface area contributed by atoms with E-state index in [1.165, 1.54) is 6.42 Å². The molecule has 21 heavy (non-hydrogen) atoms. The monoisotopic (exact) mass is 283 g/mol. The molecular formula is C17H21N3O. The number of benzene rings is 1. The number of rotatable bonds is 3. The molecule has 1 aromatic carbocycles. The normalized spacial score (nSPS) is 19.4. The first-order valence-electron chi connectivity index (χ1n) is 7.49. The minimum atomic E-state index is -0.0172. The lowest BCUT2D eigenvalue weighted by molar-refractivity contribution is -0.121. The maximum absolute atomic E-state index is 12.5. The molecule has 1 aliphatic heterocycles. The second-order valence-corrected chi connectivity index (χ2v) is 5.59. The Kier molecular flexibility index (Phi) is 4.06. The van der Waals surface area contributed by atoms with Crippen molar-refractivity contribution < 1.29 is 4.79 Å². The molecule has 1 saturated heterocycles. The van der Waals surface area contributed by atoms with Gasteiger partial charge in [0.25, 0.3) is 0 Å². The fourth-order valence-corrected chi connectivity index (χ4v) is 2.92. The van der Waals surface area contributed by atoms with Crippen molar-refractivity contribution in [3.63, 3.8) is 0 Å². The van der Waals surface area contributed by atoms with Gasteiger partial charge in [-0.15, -0.1) is 0 Å². The van der Waals surface area contributed by atoms with Gasteiger partial charge in [-0.3, -0.25) is 9.69 Å². The summed E-state index contributed by atoms with van der Waals surface area (Å²) in [6.07, 6.45) is 7.21. The molecule has 4 nitrogen and oxygen atoms in total. The van der Waals surface area contributed by atoms with Crippen molar-refractivity contribution in [3.05, 3.63) is 48.8 Å². The summed E-state index contributed by atoms with van der Waals surface area (Å²) in [6.45, 7) is 0.997. The predicted octanol–water partition coefficient (Wildman–Crippen LogP) is 2.90. The van der Waals surface area contributed by atoms with Crippen molar-refractivity contribution >= 4 is 11.6 Å². The van der Waals surface area contributed by atoms with Crippen LogP contribution >= 0.6 is 0 Å². The molecule has 0 spiro atoms. The summed E-state index contributed by atoms with van der Waals surface area (Å²) in [7, 11) is 2.03. The summed E-state index contributed by atoms with van der Waals surface area (Å²) in [5.74, 6) is 0.0943. The molecule has 0 radical (unpaired) electrons. The van der Waals surface area contributed by atoms with Gasteiger partial charge in [0.05, 0.1) is 17.4 Å². The van der Waals surface area contributed by atoms with Crippen LogP contribution in [0.4, 0.5) is 5.69 Å². The molecule has 1 atom stereocenters. The zero-order valence-electron chi connectivity index (χ0n) is 12.3. The van der Waals surface area contributed by atoms with Gasteiger partial charge < -0.3 is 9.88 Å². The fourth-order valence-electron chi connectivity index (χ4n) is 2.92. The number of hydrogen-bond acceptors (Lipinski definition) is 2. The number of anilines is 1. The zero-order valence-corrected chi connectivity index (χ0v) is 12.3. The van der Waals surface area contributed by atoms with E-state index >= 15 is 0 Å². The van der Waals surface area contributed by atoms with Crippen LogP contribution in [-0.2, 0) is 4.79 Å². The minimum Gasteiger partial charge on any atom is -0.323 e. The molecule has 4 heteroatoms. The quantitative estimate of drug-likeness (QED) is 0.940. The first-order valence-corrected chi connectivity index (χ1v) is 7.49. The van der Waals surface area contributed by atoms with Crippen molar-refractivity contribution in [2.45, 2.75) is 25.3 Å². The van der Waals surface area contributed by atoms with Gasteiger partial charge in [0.2, 0.25) is 5.91 Å². The Balaban J connectivity index is 1.80. The number of piperidine rings is 1. The van der Waals surface area contributed by atoms with Gasteiger partial charge in [-0.1, -0.05) is 18.6 Å². The van der Waals surface area contributed by atoms with Crippen molar-refractivity contribution in [3.8, 4) is 5.69 Å². The van der Waals surface area contributed by atoms with E-state index in [1.54, 1.807) is 0 Å². The third-order valence-corrected chi connectivity index (χ3v) is 4.12. The summed E-state index contributed by atoms with van der Waals surface area (Å²) in [5.41, 5.74) is 1.85. The fraction of sp³-hybridized carbons (Fsp3) is 0.353. The van der Waals surface area contributed by atoms with Crippen molar-refractivity contribution in [2.75, 3.05) is 18.9 Å². The molecule has 1 fully saturated rings. The molecule has 2 heterocycles. The van der Waals surface area contributed by atoms with E-state index in [0.717, 1.165) is 30.8 Å². The zero-order chi connectivity index (χ0) is 14.7. The maximum Gasteiger partial charge on any atom is 0.241 e. The Bertz CT molecular complexity index is 606. The Labute approximate surface area is 125 Å². The number of amides is 1. The molecule has 1 N–H and O–H groups in total. The number of aromatic nitrogens is 1. The van der Waals surface area contributed by atoms with Gasteiger partial charge >= 0.3 is 0 Å². The van der Waals surface area contributed by atoms with Crippen LogP contribution in [0.15, 0.2) is 48.8 Å². The highest BCUT2D eigenvalue weighted by Gasteiger charge is 2.26. The topological polar surface area (TPSA) is 37.3 Å². The highest BCUT2D eigenvalue weighted by molar-refractivity contribution is 5.96. The van der Waals surface area contributed by atoms with Gasteiger partial charge in [-0.05, 0) is 50.7 Å². The molecule has 1 amide bonds. The van der Waals surface area contributed by atoms with Crippen LogP contribution in [0, 0.1) is 0 Å². The highest BCUT2D eigenvalue weighted by atomic mass is 16.2. The molecule has 0 unspecified atom stereocenters. The molecule has 2 aromatic rings. The van der Waals surface area contributed by atoms with E-state index in [1.807, 2.05) is 60.4 Å². The number of carbonyl (C=O) groups is 1. The lowest BCUT2D eigenvalue weighted by atomic mass is 10.0. The molecule has 3 rings (SSSR count). The van der Waals surface area contributed by atoms with E-state index in [2.05, 4.69) is 10.2 Å². The van der Waals surface area contributed by atoms with Crippen molar-refractivity contribution in [1.82, 2.24) is 9.47 Å². The second-order valence-electron chi connectivity index (χ2n) is 5.59.